The summed E-state index contributed by atoms with van der Waals surface area (Å²) in [4.78, 5) is 17.8. The molecular formula is C20H22N4OS2. The van der Waals surface area contributed by atoms with E-state index in [0.29, 0.717) is 11.5 Å². The van der Waals surface area contributed by atoms with E-state index in [2.05, 4.69) is 22.4 Å². The molecular weight excluding hydrogens is 376 g/mol. The summed E-state index contributed by atoms with van der Waals surface area (Å²) in [6.45, 7) is 4.16. The van der Waals surface area contributed by atoms with Crippen molar-refractivity contribution in [2.45, 2.75) is 54.9 Å². The van der Waals surface area contributed by atoms with E-state index in [4.69, 9.17) is 4.98 Å². The molecule has 1 aliphatic carbocycles. The van der Waals surface area contributed by atoms with Gasteiger partial charge < -0.3 is 5.32 Å². The molecule has 27 heavy (non-hydrogen) atoms. The molecule has 1 amide bonds. The van der Waals surface area contributed by atoms with Crippen LogP contribution >= 0.6 is 23.1 Å². The minimum Gasteiger partial charge on any atom is -0.349 e. The molecule has 4 rings (SSSR count). The van der Waals surface area contributed by atoms with Gasteiger partial charge in [0.15, 0.2) is 4.34 Å². The Bertz CT molecular complexity index is 972. The number of carbonyl (C=O) groups excluding carboxylic acids is 1. The normalized spacial score (nSPS) is 19.9. The van der Waals surface area contributed by atoms with E-state index < -0.39 is 0 Å². The van der Waals surface area contributed by atoms with E-state index in [1.165, 1.54) is 42.4 Å². The minimum absolute atomic E-state index is 0.0114. The van der Waals surface area contributed by atoms with Crippen LogP contribution in [0.15, 0.2) is 39.7 Å². The number of aromatic nitrogens is 3. The quantitative estimate of drug-likeness (QED) is 0.680. The Kier molecular flexibility index (Phi) is 5.41. The molecule has 2 atom stereocenters. The van der Waals surface area contributed by atoms with Crippen LogP contribution in [0.25, 0.3) is 10.9 Å². The standard InChI is InChI=1S/C20H22N4OS2/c1-12-7-3-5-9-16(12)22-19(25)15-11-18(27-20-24-23-13(2)26-20)21-17-10-6-4-8-14(15)17/h4,6,8,10-12,16H,3,5,7,9H2,1-2H3,(H,22,25)/t12-,16+/m1/s1. The van der Waals surface area contributed by atoms with E-state index in [1.807, 2.05) is 37.3 Å². The molecule has 0 spiro atoms. The number of rotatable bonds is 4. The summed E-state index contributed by atoms with van der Waals surface area (Å²) in [6.07, 6.45) is 4.68. The second-order valence-corrected chi connectivity index (χ2v) is 9.51. The molecule has 1 saturated carbocycles. The number of carbonyl (C=O) groups is 1. The number of amides is 1. The monoisotopic (exact) mass is 398 g/mol. The van der Waals surface area contributed by atoms with Gasteiger partial charge in [-0.25, -0.2) is 4.98 Å². The van der Waals surface area contributed by atoms with Crippen LogP contribution in [0.5, 0.6) is 0 Å². The first-order chi connectivity index (χ1) is 13.1. The predicted octanol–water partition coefficient (Wildman–Crippen LogP) is 4.85. The molecule has 0 radical (unpaired) electrons. The molecule has 0 saturated heterocycles. The number of para-hydroxylation sites is 1. The lowest BCUT2D eigenvalue weighted by molar-refractivity contribution is 0.0911. The second kappa shape index (κ2) is 7.94. The minimum atomic E-state index is -0.0114. The van der Waals surface area contributed by atoms with Crippen LogP contribution in [0.1, 0.15) is 48.0 Å². The number of pyridine rings is 1. The maximum Gasteiger partial charge on any atom is 0.252 e. The molecule has 1 aromatic carbocycles. The number of nitrogens with zero attached hydrogens (tertiary/aromatic N) is 3. The van der Waals surface area contributed by atoms with Crippen LogP contribution in [0, 0.1) is 12.8 Å². The Morgan fingerprint density at radius 3 is 2.81 bits per heavy atom. The lowest BCUT2D eigenvalue weighted by Crippen LogP contribution is -2.41. The zero-order chi connectivity index (χ0) is 18.8. The van der Waals surface area contributed by atoms with Gasteiger partial charge in [-0.2, -0.15) is 0 Å². The Balaban J connectivity index is 1.66. The van der Waals surface area contributed by atoms with E-state index in [0.717, 1.165) is 31.7 Å². The molecule has 140 valence electrons. The molecule has 1 aliphatic rings. The van der Waals surface area contributed by atoms with Gasteiger partial charge >= 0.3 is 0 Å². The van der Waals surface area contributed by atoms with Gasteiger partial charge in [-0.1, -0.05) is 49.3 Å². The van der Waals surface area contributed by atoms with Crippen molar-refractivity contribution < 1.29 is 4.79 Å². The average Bonchev–Trinajstić information content (AvgIpc) is 3.07. The first-order valence-corrected chi connectivity index (χ1v) is 10.9. The number of benzene rings is 1. The topological polar surface area (TPSA) is 67.8 Å². The van der Waals surface area contributed by atoms with E-state index >= 15 is 0 Å². The number of aryl methyl sites for hydroxylation is 1. The van der Waals surface area contributed by atoms with Crippen molar-refractivity contribution in [3.05, 3.63) is 40.9 Å². The number of hydrogen-bond acceptors (Lipinski definition) is 6. The Hall–Kier alpha value is -1.99. The molecule has 7 heteroatoms. The van der Waals surface area contributed by atoms with E-state index in [1.54, 1.807) is 0 Å². The summed E-state index contributed by atoms with van der Waals surface area (Å²) in [7, 11) is 0. The van der Waals surface area contributed by atoms with Gasteiger partial charge in [-0.05, 0) is 49.6 Å². The third-order valence-electron chi connectivity index (χ3n) is 5.06. The zero-order valence-corrected chi connectivity index (χ0v) is 17.1. The number of nitrogens with one attached hydrogen (secondary N) is 1. The summed E-state index contributed by atoms with van der Waals surface area (Å²) >= 11 is 2.99. The third kappa shape index (κ3) is 4.14. The number of fused-ring (bicyclic) bond motifs is 1. The van der Waals surface area contributed by atoms with Gasteiger partial charge in [-0.15, -0.1) is 10.2 Å². The Labute approximate surface area is 167 Å². The molecule has 0 bridgehead atoms. The molecule has 1 N–H and O–H groups in total. The fourth-order valence-electron chi connectivity index (χ4n) is 3.58. The van der Waals surface area contributed by atoms with Crippen molar-refractivity contribution in [1.29, 1.82) is 0 Å². The average molecular weight is 399 g/mol. The predicted molar refractivity (Wildman–Crippen MR) is 109 cm³/mol. The molecule has 3 aromatic rings. The van der Waals surface area contributed by atoms with Crippen LogP contribution in [0.2, 0.25) is 0 Å². The SMILES string of the molecule is Cc1nnc(Sc2cc(C(=O)N[C@H]3CCCC[C@H]3C)c3ccccc3n2)s1. The van der Waals surface area contributed by atoms with Gasteiger partial charge in [-0.3, -0.25) is 4.79 Å². The zero-order valence-electron chi connectivity index (χ0n) is 15.4. The summed E-state index contributed by atoms with van der Waals surface area (Å²) < 4.78 is 0.836. The largest absolute Gasteiger partial charge is 0.349 e. The van der Waals surface area contributed by atoms with Gasteiger partial charge in [0, 0.05) is 11.4 Å². The lowest BCUT2D eigenvalue weighted by atomic mass is 9.86. The molecule has 0 aliphatic heterocycles. The number of hydrogen-bond donors (Lipinski definition) is 1. The van der Waals surface area contributed by atoms with Crippen molar-refractivity contribution in [1.82, 2.24) is 20.5 Å². The molecule has 1 fully saturated rings. The summed E-state index contributed by atoms with van der Waals surface area (Å²) in [5.74, 6) is 0.511. The fraction of sp³-hybridized carbons (Fsp3) is 0.400. The second-order valence-electron chi connectivity index (χ2n) is 7.06. The van der Waals surface area contributed by atoms with E-state index in [9.17, 15) is 4.79 Å². The van der Waals surface area contributed by atoms with Crippen molar-refractivity contribution >= 4 is 39.9 Å². The molecule has 2 aromatic heterocycles. The van der Waals surface area contributed by atoms with Crippen molar-refractivity contribution in [2.75, 3.05) is 0 Å². The highest BCUT2D eigenvalue weighted by Crippen LogP contribution is 2.32. The Morgan fingerprint density at radius 1 is 1.22 bits per heavy atom. The van der Waals surface area contributed by atoms with Gasteiger partial charge in [0.1, 0.15) is 10.0 Å². The van der Waals surface area contributed by atoms with Crippen LogP contribution in [-0.2, 0) is 0 Å². The van der Waals surface area contributed by atoms with Crippen LogP contribution < -0.4 is 5.32 Å². The van der Waals surface area contributed by atoms with E-state index in [-0.39, 0.29) is 11.9 Å². The fourth-order valence-corrected chi connectivity index (χ4v) is 5.36. The summed E-state index contributed by atoms with van der Waals surface area (Å²) in [5.41, 5.74) is 1.51. The highest BCUT2D eigenvalue weighted by Gasteiger charge is 2.24. The molecule has 5 nitrogen and oxygen atoms in total. The first kappa shape index (κ1) is 18.4. The smallest absolute Gasteiger partial charge is 0.252 e. The summed E-state index contributed by atoms with van der Waals surface area (Å²) in [6, 6.07) is 9.94. The highest BCUT2D eigenvalue weighted by molar-refractivity contribution is 8.01. The van der Waals surface area contributed by atoms with Crippen LogP contribution in [0.3, 0.4) is 0 Å². The highest BCUT2D eigenvalue weighted by atomic mass is 32.2. The van der Waals surface area contributed by atoms with Crippen molar-refractivity contribution in [3.63, 3.8) is 0 Å². The molecule has 2 heterocycles. The Morgan fingerprint density at radius 2 is 2.04 bits per heavy atom. The first-order valence-electron chi connectivity index (χ1n) is 9.29. The van der Waals surface area contributed by atoms with Gasteiger partial charge in [0.05, 0.1) is 11.1 Å². The molecule has 0 unspecified atom stereocenters. The third-order valence-corrected chi connectivity index (χ3v) is 6.87. The lowest BCUT2D eigenvalue weighted by Gasteiger charge is -2.29. The van der Waals surface area contributed by atoms with Gasteiger partial charge in [0.2, 0.25) is 0 Å². The van der Waals surface area contributed by atoms with Crippen LogP contribution in [0.4, 0.5) is 0 Å². The van der Waals surface area contributed by atoms with Crippen molar-refractivity contribution in [2.24, 2.45) is 5.92 Å². The van der Waals surface area contributed by atoms with Gasteiger partial charge in [0.25, 0.3) is 5.91 Å². The van der Waals surface area contributed by atoms with Crippen LogP contribution in [-0.4, -0.2) is 27.1 Å². The maximum absolute atomic E-state index is 13.1. The maximum atomic E-state index is 13.1. The summed E-state index contributed by atoms with van der Waals surface area (Å²) in [5, 5.41) is 14.1. The van der Waals surface area contributed by atoms with Crippen molar-refractivity contribution in [3.8, 4) is 0 Å².